The molecule has 116 valence electrons. The highest BCUT2D eigenvalue weighted by molar-refractivity contribution is 9.11. The fourth-order valence-electron chi connectivity index (χ4n) is 2.28. The van der Waals surface area contributed by atoms with Gasteiger partial charge in [0.25, 0.3) is 0 Å². The number of hydrogen-bond donors (Lipinski definition) is 1. The minimum Gasteiger partial charge on any atom is -0.329 e. The Morgan fingerprint density at radius 3 is 2.52 bits per heavy atom. The molecule has 2 rings (SSSR count). The molecule has 1 unspecified atom stereocenters. The summed E-state index contributed by atoms with van der Waals surface area (Å²) in [6, 6.07) is 6.95. The summed E-state index contributed by atoms with van der Waals surface area (Å²) < 4.78 is 1.18. The molecule has 0 aliphatic heterocycles. The number of likely N-dealkylation sites (N-methyl/N-ethyl adjacent to an activating group) is 1. The van der Waals surface area contributed by atoms with Crippen LogP contribution < -0.4 is 5.73 Å². The molecule has 0 spiro atoms. The van der Waals surface area contributed by atoms with E-state index in [0.29, 0.717) is 6.54 Å². The van der Waals surface area contributed by atoms with Crippen molar-refractivity contribution in [3.63, 3.8) is 0 Å². The highest BCUT2D eigenvalue weighted by Crippen LogP contribution is 2.34. The molecule has 0 aliphatic rings. The van der Waals surface area contributed by atoms with Gasteiger partial charge in [0.1, 0.15) is 0 Å². The molecule has 21 heavy (non-hydrogen) atoms. The van der Waals surface area contributed by atoms with Crippen molar-refractivity contribution in [3.05, 3.63) is 42.7 Å². The largest absolute Gasteiger partial charge is 0.329 e. The molecule has 0 radical (unpaired) electrons. The van der Waals surface area contributed by atoms with Gasteiger partial charge in [-0.3, -0.25) is 4.90 Å². The zero-order valence-corrected chi connectivity index (χ0v) is 16.2. The maximum atomic E-state index is 6.04. The Morgan fingerprint density at radius 1 is 1.33 bits per heavy atom. The maximum Gasteiger partial charge on any atom is 0.0701 e. The van der Waals surface area contributed by atoms with Crippen LogP contribution in [-0.2, 0) is 12.0 Å². The average Bonchev–Trinajstić information content (AvgIpc) is 2.99. The fraction of sp³-hybridized carbons (Fsp3) is 0.500. The molecule has 0 aliphatic carbocycles. The first-order chi connectivity index (χ1) is 9.81. The lowest BCUT2D eigenvalue weighted by molar-refractivity contribution is 0.245. The van der Waals surface area contributed by atoms with Gasteiger partial charge in [0.05, 0.1) is 9.83 Å². The second-order valence-corrected chi connectivity index (χ2v) is 9.78. The molecule has 2 nitrogen and oxygen atoms in total. The van der Waals surface area contributed by atoms with Gasteiger partial charge in [-0.05, 0) is 57.5 Å². The van der Waals surface area contributed by atoms with Gasteiger partial charge in [-0.25, -0.2) is 0 Å². The molecule has 0 aromatic carbocycles. The number of nitrogens with two attached hydrogens (primary N) is 1. The van der Waals surface area contributed by atoms with Crippen LogP contribution in [0.5, 0.6) is 0 Å². The van der Waals surface area contributed by atoms with E-state index in [4.69, 9.17) is 5.73 Å². The monoisotopic (exact) mass is 386 g/mol. The summed E-state index contributed by atoms with van der Waals surface area (Å²) in [4.78, 5) is 5.12. The Labute approximate surface area is 144 Å². The fourth-order valence-corrected chi connectivity index (χ4v) is 4.72. The molecule has 0 saturated carbocycles. The number of rotatable bonds is 5. The first-order valence-electron chi connectivity index (χ1n) is 7.04. The van der Waals surface area contributed by atoms with Gasteiger partial charge in [0.15, 0.2) is 0 Å². The molecule has 0 fully saturated rings. The summed E-state index contributed by atoms with van der Waals surface area (Å²) in [5.74, 6) is 0. The van der Waals surface area contributed by atoms with Crippen molar-refractivity contribution in [2.24, 2.45) is 5.73 Å². The Bertz CT molecular complexity index is 583. The van der Waals surface area contributed by atoms with Crippen molar-refractivity contribution in [2.75, 3.05) is 13.6 Å². The molecule has 0 amide bonds. The third kappa shape index (κ3) is 4.39. The van der Waals surface area contributed by atoms with Gasteiger partial charge in [0.2, 0.25) is 0 Å². The third-order valence-electron chi connectivity index (χ3n) is 3.50. The summed E-state index contributed by atoms with van der Waals surface area (Å²) in [6.45, 7) is 8.34. The standard InChI is InChI=1S/C16H23BrN2S2/c1-16(2,3)14-6-5-13(21-14)12(8-18)19(4)9-11-7-15(17)20-10-11/h5-7,10,12H,8-9,18H2,1-4H3. The second kappa shape index (κ2) is 6.92. The van der Waals surface area contributed by atoms with E-state index in [9.17, 15) is 0 Å². The normalized spacial score (nSPS) is 13.9. The van der Waals surface area contributed by atoms with Crippen LogP contribution in [0.25, 0.3) is 0 Å². The van der Waals surface area contributed by atoms with Crippen molar-refractivity contribution >= 4 is 38.6 Å². The predicted octanol–water partition coefficient (Wildman–Crippen LogP) is 5.00. The molecule has 5 heteroatoms. The van der Waals surface area contributed by atoms with E-state index in [2.05, 4.69) is 72.2 Å². The minimum atomic E-state index is 0.207. The number of halogens is 1. The van der Waals surface area contributed by atoms with E-state index in [1.807, 2.05) is 11.3 Å². The number of thiophene rings is 2. The zero-order valence-electron chi connectivity index (χ0n) is 13.0. The summed E-state index contributed by atoms with van der Waals surface area (Å²) in [6.07, 6.45) is 0. The lowest BCUT2D eigenvalue weighted by Gasteiger charge is -2.26. The van der Waals surface area contributed by atoms with Crippen LogP contribution in [0.4, 0.5) is 0 Å². The molecule has 0 saturated heterocycles. The molecule has 2 aromatic heterocycles. The van der Waals surface area contributed by atoms with Gasteiger partial charge >= 0.3 is 0 Å². The Morgan fingerprint density at radius 2 is 2.05 bits per heavy atom. The molecule has 0 bridgehead atoms. The zero-order chi connectivity index (χ0) is 15.6. The van der Waals surface area contributed by atoms with Crippen LogP contribution in [0.3, 0.4) is 0 Å². The Hall–Kier alpha value is -0.200. The van der Waals surface area contributed by atoms with Gasteiger partial charge in [0, 0.05) is 22.8 Å². The molecular formula is C16H23BrN2S2. The van der Waals surface area contributed by atoms with E-state index in [-0.39, 0.29) is 11.5 Å². The smallest absolute Gasteiger partial charge is 0.0701 e. The second-order valence-electron chi connectivity index (χ2n) is 6.38. The van der Waals surface area contributed by atoms with E-state index < -0.39 is 0 Å². The van der Waals surface area contributed by atoms with Crippen molar-refractivity contribution in [3.8, 4) is 0 Å². The van der Waals surface area contributed by atoms with Crippen LogP contribution in [0, 0.1) is 0 Å². The van der Waals surface area contributed by atoms with Crippen molar-refractivity contribution < 1.29 is 0 Å². The van der Waals surface area contributed by atoms with Gasteiger partial charge < -0.3 is 5.73 Å². The summed E-state index contributed by atoms with van der Waals surface area (Å²) in [5.41, 5.74) is 7.58. The summed E-state index contributed by atoms with van der Waals surface area (Å²) >= 11 is 7.14. The maximum absolute atomic E-state index is 6.04. The molecular weight excluding hydrogens is 364 g/mol. The van der Waals surface area contributed by atoms with E-state index in [0.717, 1.165) is 6.54 Å². The van der Waals surface area contributed by atoms with Crippen LogP contribution in [0.15, 0.2) is 27.4 Å². The number of hydrogen-bond acceptors (Lipinski definition) is 4. The third-order valence-corrected chi connectivity index (χ3v) is 6.67. The van der Waals surface area contributed by atoms with E-state index in [1.165, 1.54) is 19.1 Å². The minimum absolute atomic E-state index is 0.207. The van der Waals surface area contributed by atoms with Crippen LogP contribution in [0.2, 0.25) is 0 Å². The summed E-state index contributed by atoms with van der Waals surface area (Å²) in [5, 5.41) is 2.20. The van der Waals surface area contributed by atoms with Crippen LogP contribution in [-0.4, -0.2) is 18.5 Å². The topological polar surface area (TPSA) is 29.3 Å². The molecule has 1 atom stereocenters. The highest BCUT2D eigenvalue weighted by atomic mass is 79.9. The van der Waals surface area contributed by atoms with Crippen molar-refractivity contribution in [1.29, 1.82) is 0 Å². The van der Waals surface area contributed by atoms with E-state index >= 15 is 0 Å². The molecule has 2 N–H and O–H groups in total. The van der Waals surface area contributed by atoms with Crippen molar-refractivity contribution in [2.45, 2.75) is 38.8 Å². The van der Waals surface area contributed by atoms with Crippen LogP contribution in [0.1, 0.15) is 42.1 Å². The molecule has 2 aromatic rings. The van der Waals surface area contributed by atoms with Crippen molar-refractivity contribution in [1.82, 2.24) is 4.90 Å². The SMILES string of the molecule is CN(Cc1csc(Br)c1)C(CN)c1ccc(C(C)(C)C)s1. The van der Waals surface area contributed by atoms with Gasteiger partial charge in [-0.15, -0.1) is 22.7 Å². The van der Waals surface area contributed by atoms with Gasteiger partial charge in [-0.2, -0.15) is 0 Å². The Balaban J connectivity index is 2.13. The van der Waals surface area contributed by atoms with E-state index in [1.54, 1.807) is 11.3 Å². The van der Waals surface area contributed by atoms with Gasteiger partial charge in [-0.1, -0.05) is 20.8 Å². The number of nitrogens with zero attached hydrogens (tertiary/aromatic N) is 1. The first-order valence-corrected chi connectivity index (χ1v) is 9.53. The van der Waals surface area contributed by atoms with Crippen LogP contribution >= 0.6 is 38.6 Å². The quantitative estimate of drug-likeness (QED) is 0.782. The molecule has 2 heterocycles. The first kappa shape index (κ1) is 17.2. The predicted molar refractivity (Wildman–Crippen MR) is 98.3 cm³/mol. The summed E-state index contributed by atoms with van der Waals surface area (Å²) in [7, 11) is 2.15. The lowest BCUT2D eigenvalue weighted by atomic mass is 9.95. The highest BCUT2D eigenvalue weighted by Gasteiger charge is 2.22. The Kier molecular flexibility index (Phi) is 5.65. The average molecular weight is 387 g/mol. The lowest BCUT2D eigenvalue weighted by Crippen LogP contribution is -2.29.